The molecule has 2 aromatic carbocycles. The van der Waals surface area contributed by atoms with Gasteiger partial charge in [-0.1, -0.05) is 18.2 Å². The molecule has 0 aromatic heterocycles. The van der Waals surface area contributed by atoms with Crippen LogP contribution in [0.15, 0.2) is 42.5 Å². The molecule has 1 aliphatic rings. The van der Waals surface area contributed by atoms with Crippen molar-refractivity contribution in [2.24, 2.45) is 0 Å². The van der Waals surface area contributed by atoms with Crippen LogP contribution < -0.4 is 14.8 Å². The summed E-state index contributed by atoms with van der Waals surface area (Å²) in [5.41, 5.74) is 0.514. The SMILES string of the molecule is Fc1cccc(B2Oc3cccc(F)c3O2)c1. The Kier molecular flexibility index (Phi) is 2.25. The van der Waals surface area contributed by atoms with Gasteiger partial charge in [0.15, 0.2) is 11.6 Å². The van der Waals surface area contributed by atoms with Crippen molar-refractivity contribution >= 4 is 12.6 Å². The van der Waals surface area contributed by atoms with Crippen LogP contribution in [0.25, 0.3) is 0 Å². The van der Waals surface area contributed by atoms with Gasteiger partial charge >= 0.3 is 7.12 Å². The van der Waals surface area contributed by atoms with Gasteiger partial charge in [0, 0.05) is 5.46 Å². The van der Waals surface area contributed by atoms with Crippen molar-refractivity contribution in [3.63, 3.8) is 0 Å². The van der Waals surface area contributed by atoms with E-state index < -0.39 is 12.9 Å². The summed E-state index contributed by atoms with van der Waals surface area (Å²) in [6.07, 6.45) is 0. The van der Waals surface area contributed by atoms with E-state index in [2.05, 4.69) is 0 Å². The van der Waals surface area contributed by atoms with E-state index in [1.54, 1.807) is 18.2 Å². The van der Waals surface area contributed by atoms with Crippen LogP contribution in [0.1, 0.15) is 0 Å². The summed E-state index contributed by atoms with van der Waals surface area (Å²) >= 11 is 0. The first-order valence-corrected chi connectivity index (χ1v) is 5.11. The zero-order valence-corrected chi connectivity index (χ0v) is 8.69. The molecule has 0 unspecified atom stereocenters. The molecule has 2 nitrogen and oxygen atoms in total. The minimum Gasteiger partial charge on any atom is -0.519 e. The van der Waals surface area contributed by atoms with Crippen LogP contribution in [0.5, 0.6) is 11.5 Å². The highest BCUT2D eigenvalue weighted by atomic mass is 19.1. The molecule has 0 saturated heterocycles. The van der Waals surface area contributed by atoms with Gasteiger partial charge in [-0.15, -0.1) is 0 Å². The number of para-hydroxylation sites is 1. The van der Waals surface area contributed by atoms with E-state index in [-0.39, 0.29) is 11.6 Å². The normalized spacial score (nSPS) is 12.9. The first-order valence-electron chi connectivity index (χ1n) is 5.11. The van der Waals surface area contributed by atoms with E-state index in [1.807, 2.05) is 0 Å². The Balaban J connectivity index is 1.94. The Labute approximate surface area is 96.9 Å². The lowest BCUT2D eigenvalue weighted by atomic mass is 9.79. The third-order valence-corrected chi connectivity index (χ3v) is 2.51. The van der Waals surface area contributed by atoms with E-state index in [0.717, 1.165) is 0 Å². The van der Waals surface area contributed by atoms with E-state index >= 15 is 0 Å². The summed E-state index contributed by atoms with van der Waals surface area (Å²) in [6.45, 7) is 0. The van der Waals surface area contributed by atoms with E-state index in [1.165, 1.54) is 24.3 Å². The van der Waals surface area contributed by atoms with Gasteiger partial charge in [0.1, 0.15) is 11.6 Å². The molecule has 0 saturated carbocycles. The third-order valence-electron chi connectivity index (χ3n) is 2.51. The molecule has 0 spiro atoms. The largest absolute Gasteiger partial charge is 0.632 e. The summed E-state index contributed by atoms with van der Waals surface area (Å²) in [7, 11) is -0.794. The zero-order valence-electron chi connectivity index (χ0n) is 8.69. The second-order valence-corrected chi connectivity index (χ2v) is 3.69. The average Bonchev–Trinajstić information content (AvgIpc) is 2.74. The predicted octanol–water partition coefficient (Wildman–Crippen LogP) is 2.13. The van der Waals surface area contributed by atoms with Gasteiger partial charge < -0.3 is 9.31 Å². The van der Waals surface area contributed by atoms with Gasteiger partial charge in [-0.05, 0) is 24.3 Å². The topological polar surface area (TPSA) is 18.5 Å². The monoisotopic (exact) mass is 232 g/mol. The fourth-order valence-corrected chi connectivity index (χ4v) is 1.73. The van der Waals surface area contributed by atoms with Crippen LogP contribution >= 0.6 is 0 Å². The van der Waals surface area contributed by atoms with Gasteiger partial charge in [0.2, 0.25) is 0 Å². The minimum absolute atomic E-state index is 0.0711. The van der Waals surface area contributed by atoms with Gasteiger partial charge in [0.05, 0.1) is 0 Å². The van der Waals surface area contributed by atoms with Gasteiger partial charge in [-0.25, -0.2) is 8.78 Å². The summed E-state index contributed by atoms with van der Waals surface area (Å²) in [5, 5.41) is 0. The molecule has 84 valence electrons. The van der Waals surface area contributed by atoms with Crippen LogP contribution in [0, 0.1) is 11.6 Å². The fraction of sp³-hybridized carbons (Fsp3) is 0. The smallest absolute Gasteiger partial charge is 0.519 e. The van der Waals surface area contributed by atoms with Crippen molar-refractivity contribution in [1.29, 1.82) is 0 Å². The lowest BCUT2D eigenvalue weighted by molar-refractivity contribution is 0.496. The maximum atomic E-state index is 13.4. The lowest BCUT2D eigenvalue weighted by Gasteiger charge is -2.04. The number of hydrogen-bond acceptors (Lipinski definition) is 2. The Hall–Kier alpha value is -2.04. The van der Waals surface area contributed by atoms with Crippen molar-refractivity contribution in [1.82, 2.24) is 0 Å². The van der Waals surface area contributed by atoms with Crippen LogP contribution in [0.4, 0.5) is 8.78 Å². The third kappa shape index (κ3) is 1.73. The second-order valence-electron chi connectivity index (χ2n) is 3.69. The van der Waals surface area contributed by atoms with E-state index in [0.29, 0.717) is 11.2 Å². The molecule has 1 heterocycles. The Bertz CT molecular complexity index is 574. The van der Waals surface area contributed by atoms with Crippen LogP contribution in [-0.4, -0.2) is 7.12 Å². The first-order chi connectivity index (χ1) is 8.24. The summed E-state index contributed by atoms with van der Waals surface area (Å²) in [6, 6.07) is 10.3. The van der Waals surface area contributed by atoms with Crippen molar-refractivity contribution in [3.8, 4) is 11.5 Å². The molecule has 0 N–H and O–H groups in total. The van der Waals surface area contributed by atoms with Crippen molar-refractivity contribution in [3.05, 3.63) is 54.1 Å². The molecule has 0 fully saturated rings. The van der Waals surface area contributed by atoms with Crippen molar-refractivity contribution < 1.29 is 18.1 Å². The molecule has 5 heteroatoms. The molecule has 17 heavy (non-hydrogen) atoms. The highest BCUT2D eigenvalue weighted by Gasteiger charge is 2.35. The van der Waals surface area contributed by atoms with Gasteiger partial charge in [-0.2, -0.15) is 0 Å². The number of hydrogen-bond donors (Lipinski definition) is 0. The summed E-state index contributed by atoms with van der Waals surface area (Å²) in [4.78, 5) is 0. The molecule has 0 radical (unpaired) electrons. The van der Waals surface area contributed by atoms with Crippen LogP contribution in [0.2, 0.25) is 0 Å². The van der Waals surface area contributed by atoms with E-state index in [9.17, 15) is 8.78 Å². The molecule has 0 atom stereocenters. The van der Waals surface area contributed by atoms with Crippen LogP contribution in [-0.2, 0) is 0 Å². The van der Waals surface area contributed by atoms with Gasteiger partial charge in [-0.3, -0.25) is 0 Å². The standard InChI is InChI=1S/C12H7BF2O2/c14-9-4-1-3-8(7-9)13-16-11-6-2-5-10(15)12(11)17-13/h1-7H. The molecular weight excluding hydrogens is 225 g/mol. The second kappa shape index (κ2) is 3.77. The first kappa shape index (κ1) is 10.1. The molecule has 3 rings (SSSR count). The van der Waals surface area contributed by atoms with E-state index in [4.69, 9.17) is 9.31 Å². The zero-order chi connectivity index (χ0) is 11.8. The minimum atomic E-state index is -0.794. The predicted molar refractivity (Wildman–Crippen MR) is 59.4 cm³/mol. The average molecular weight is 232 g/mol. The number of benzene rings is 2. The molecular formula is C12H7BF2O2. The van der Waals surface area contributed by atoms with Gasteiger partial charge in [0.25, 0.3) is 0 Å². The Morgan fingerprint density at radius 3 is 2.53 bits per heavy atom. The van der Waals surface area contributed by atoms with Crippen molar-refractivity contribution in [2.75, 3.05) is 0 Å². The number of halogens is 2. The number of fused-ring (bicyclic) bond motifs is 1. The Morgan fingerprint density at radius 1 is 0.941 bits per heavy atom. The molecule has 0 aliphatic carbocycles. The molecule has 0 bridgehead atoms. The maximum Gasteiger partial charge on any atom is 0.632 e. The fourth-order valence-electron chi connectivity index (χ4n) is 1.73. The maximum absolute atomic E-state index is 13.4. The molecule has 0 amide bonds. The van der Waals surface area contributed by atoms with Crippen molar-refractivity contribution in [2.45, 2.75) is 0 Å². The van der Waals surface area contributed by atoms with Crippen LogP contribution in [0.3, 0.4) is 0 Å². The number of rotatable bonds is 1. The summed E-state index contributed by atoms with van der Waals surface area (Å²) < 4.78 is 37.1. The molecule has 1 aliphatic heterocycles. The Morgan fingerprint density at radius 2 is 1.76 bits per heavy atom. The molecule has 2 aromatic rings. The highest BCUT2D eigenvalue weighted by Crippen LogP contribution is 2.35. The highest BCUT2D eigenvalue weighted by molar-refractivity contribution is 6.63. The lowest BCUT2D eigenvalue weighted by Crippen LogP contribution is -2.39. The summed E-state index contributed by atoms with van der Waals surface area (Å²) in [5.74, 6) is -0.464. The quantitative estimate of drug-likeness (QED) is 0.701.